The first-order chi connectivity index (χ1) is 8.95. The Morgan fingerprint density at radius 2 is 2.16 bits per heavy atom. The molecule has 2 aromatic rings. The second kappa shape index (κ2) is 4.98. The van der Waals surface area contributed by atoms with E-state index in [2.05, 4.69) is 9.82 Å². The highest BCUT2D eigenvalue weighted by molar-refractivity contribution is 7.92. The van der Waals surface area contributed by atoms with Crippen molar-refractivity contribution in [3.8, 4) is 0 Å². The molecule has 1 aromatic carbocycles. The summed E-state index contributed by atoms with van der Waals surface area (Å²) in [6.45, 7) is -0.101. The first-order valence-electron chi connectivity index (χ1n) is 5.44. The molecule has 8 heteroatoms. The summed E-state index contributed by atoms with van der Waals surface area (Å²) >= 11 is 0. The van der Waals surface area contributed by atoms with E-state index in [4.69, 9.17) is 5.73 Å². The molecule has 1 heterocycles. The lowest BCUT2D eigenvalue weighted by Crippen LogP contribution is -2.18. The topological polar surface area (TPSA) is 90.0 Å². The van der Waals surface area contributed by atoms with Crippen molar-refractivity contribution in [2.24, 2.45) is 12.8 Å². The summed E-state index contributed by atoms with van der Waals surface area (Å²) in [6.07, 6.45) is 1.37. The molecule has 19 heavy (non-hydrogen) atoms. The minimum absolute atomic E-state index is 0.0141. The van der Waals surface area contributed by atoms with E-state index in [1.54, 1.807) is 0 Å². The van der Waals surface area contributed by atoms with Gasteiger partial charge >= 0.3 is 0 Å². The highest BCUT2D eigenvalue weighted by Gasteiger charge is 2.20. The minimum Gasteiger partial charge on any atom is -0.326 e. The highest BCUT2D eigenvalue weighted by Crippen LogP contribution is 2.21. The summed E-state index contributed by atoms with van der Waals surface area (Å²) in [7, 11) is -2.32. The molecule has 0 amide bonds. The zero-order valence-electron chi connectivity index (χ0n) is 10.2. The van der Waals surface area contributed by atoms with Crippen molar-refractivity contribution in [2.75, 3.05) is 4.72 Å². The molecule has 0 unspecified atom stereocenters. The number of sulfonamides is 1. The lowest BCUT2D eigenvalue weighted by Gasteiger charge is -2.12. The molecule has 0 spiro atoms. The maximum atomic E-state index is 13.5. The maximum Gasteiger partial charge on any atom is 0.279 e. The summed E-state index contributed by atoms with van der Waals surface area (Å²) in [5, 5.41) is 3.77. The first-order valence-corrected chi connectivity index (χ1v) is 6.92. The molecule has 0 saturated heterocycles. The molecule has 0 radical (unpaired) electrons. The average Bonchev–Trinajstić information content (AvgIpc) is 2.76. The van der Waals surface area contributed by atoms with Crippen LogP contribution in [0, 0.1) is 5.82 Å². The maximum absolute atomic E-state index is 13.5. The van der Waals surface area contributed by atoms with Crippen LogP contribution in [0.15, 0.2) is 35.5 Å². The van der Waals surface area contributed by atoms with Crippen LogP contribution >= 0.6 is 0 Å². The lowest BCUT2D eigenvalue weighted by atomic mass is 10.2. The van der Waals surface area contributed by atoms with Crippen molar-refractivity contribution in [3.63, 3.8) is 0 Å². The number of nitrogens with zero attached hydrogens (tertiary/aromatic N) is 2. The van der Waals surface area contributed by atoms with Gasteiger partial charge in [-0.25, -0.2) is 4.39 Å². The van der Waals surface area contributed by atoms with E-state index >= 15 is 0 Å². The molecular formula is C11H13FN4O2S. The van der Waals surface area contributed by atoms with Crippen molar-refractivity contribution < 1.29 is 12.8 Å². The smallest absolute Gasteiger partial charge is 0.279 e. The summed E-state index contributed by atoms with van der Waals surface area (Å²) in [4.78, 5) is 0. The Balaban J connectivity index is 2.42. The Bertz CT molecular complexity index is 696. The van der Waals surface area contributed by atoms with E-state index < -0.39 is 15.8 Å². The lowest BCUT2D eigenvalue weighted by molar-refractivity contribution is 0.581. The van der Waals surface area contributed by atoms with Gasteiger partial charge in [-0.3, -0.25) is 9.40 Å². The van der Waals surface area contributed by atoms with Gasteiger partial charge in [-0.2, -0.15) is 13.5 Å². The third-order valence-electron chi connectivity index (χ3n) is 2.62. The Morgan fingerprint density at radius 3 is 2.74 bits per heavy atom. The fraction of sp³-hybridized carbons (Fsp3) is 0.182. The van der Waals surface area contributed by atoms with Gasteiger partial charge in [-0.05, 0) is 18.2 Å². The molecule has 0 aliphatic carbocycles. The number of nitrogens with one attached hydrogen (secondary N) is 1. The average molecular weight is 284 g/mol. The number of aryl methyl sites for hydroxylation is 1. The van der Waals surface area contributed by atoms with Gasteiger partial charge < -0.3 is 5.73 Å². The molecule has 0 fully saturated rings. The summed E-state index contributed by atoms with van der Waals surface area (Å²) in [6, 6.07) is 5.45. The summed E-state index contributed by atoms with van der Waals surface area (Å²) < 4.78 is 41.3. The van der Waals surface area contributed by atoms with Crippen LogP contribution in [0.3, 0.4) is 0 Å². The van der Waals surface area contributed by atoms with Crippen LogP contribution in [0.5, 0.6) is 0 Å². The number of hydrogen-bond donors (Lipinski definition) is 2. The van der Waals surface area contributed by atoms with Crippen LogP contribution in [-0.4, -0.2) is 18.2 Å². The number of halogens is 1. The van der Waals surface area contributed by atoms with Crippen molar-refractivity contribution >= 4 is 15.7 Å². The standard InChI is InChI=1S/C11H13FN4O2S/c1-16-11(5-6-14-16)19(17,18)15-10-4-2-3-9(12)8(10)7-13/h2-6,15H,7,13H2,1H3. The molecule has 0 aliphatic heterocycles. The molecule has 3 N–H and O–H groups in total. The van der Waals surface area contributed by atoms with Gasteiger partial charge in [0.1, 0.15) is 5.82 Å². The van der Waals surface area contributed by atoms with E-state index in [1.165, 1.54) is 42.2 Å². The van der Waals surface area contributed by atoms with Crippen molar-refractivity contribution in [3.05, 3.63) is 41.8 Å². The van der Waals surface area contributed by atoms with Crippen molar-refractivity contribution in [2.45, 2.75) is 11.6 Å². The molecule has 1 aromatic heterocycles. The summed E-state index contributed by atoms with van der Waals surface area (Å²) in [5.41, 5.74) is 5.67. The van der Waals surface area contributed by atoms with Crippen LogP contribution in [0.4, 0.5) is 10.1 Å². The van der Waals surface area contributed by atoms with Gasteiger partial charge in [0.15, 0.2) is 5.03 Å². The number of aromatic nitrogens is 2. The third kappa shape index (κ3) is 2.59. The first kappa shape index (κ1) is 13.5. The van der Waals surface area contributed by atoms with Gasteiger partial charge in [0.05, 0.1) is 11.9 Å². The molecule has 102 valence electrons. The van der Waals surface area contributed by atoms with Crippen molar-refractivity contribution in [1.82, 2.24) is 9.78 Å². The van der Waals surface area contributed by atoms with Gasteiger partial charge in [-0.1, -0.05) is 6.07 Å². The fourth-order valence-corrected chi connectivity index (χ4v) is 2.90. The molecule has 0 aliphatic rings. The SMILES string of the molecule is Cn1nccc1S(=O)(=O)Nc1cccc(F)c1CN. The molecule has 0 bridgehead atoms. The van der Waals surface area contributed by atoms with E-state index in [9.17, 15) is 12.8 Å². The zero-order valence-corrected chi connectivity index (χ0v) is 11.0. The molecule has 2 rings (SSSR count). The van der Waals surface area contributed by atoms with Gasteiger partial charge in [-0.15, -0.1) is 0 Å². The van der Waals surface area contributed by atoms with Crippen LogP contribution in [0.2, 0.25) is 0 Å². The minimum atomic E-state index is -3.82. The van der Waals surface area contributed by atoms with Crippen LogP contribution in [0.1, 0.15) is 5.56 Å². The summed E-state index contributed by atoms with van der Waals surface area (Å²) in [5.74, 6) is -0.548. The van der Waals surface area contributed by atoms with Gasteiger partial charge in [0, 0.05) is 19.2 Å². The number of anilines is 1. The van der Waals surface area contributed by atoms with E-state index in [0.717, 1.165) is 0 Å². The molecule has 0 atom stereocenters. The van der Waals surface area contributed by atoms with Crippen LogP contribution in [-0.2, 0) is 23.6 Å². The second-order valence-electron chi connectivity index (χ2n) is 3.87. The van der Waals surface area contributed by atoms with Crippen molar-refractivity contribution in [1.29, 1.82) is 0 Å². The zero-order chi connectivity index (χ0) is 14.0. The monoisotopic (exact) mass is 284 g/mol. The highest BCUT2D eigenvalue weighted by atomic mass is 32.2. The number of rotatable bonds is 4. The normalized spacial score (nSPS) is 11.5. The molecular weight excluding hydrogens is 271 g/mol. The molecule has 0 saturated carbocycles. The van der Waals surface area contributed by atoms with E-state index in [1.807, 2.05) is 0 Å². The van der Waals surface area contributed by atoms with Gasteiger partial charge in [0.2, 0.25) is 0 Å². The van der Waals surface area contributed by atoms with E-state index in [-0.39, 0.29) is 22.8 Å². The largest absolute Gasteiger partial charge is 0.326 e. The molecule has 6 nitrogen and oxygen atoms in total. The van der Waals surface area contributed by atoms with Crippen LogP contribution < -0.4 is 10.5 Å². The fourth-order valence-electron chi connectivity index (χ4n) is 1.68. The van der Waals surface area contributed by atoms with E-state index in [0.29, 0.717) is 0 Å². The van der Waals surface area contributed by atoms with Crippen LogP contribution in [0.25, 0.3) is 0 Å². The Labute approximate surface area is 110 Å². The number of hydrogen-bond acceptors (Lipinski definition) is 4. The Kier molecular flexibility index (Phi) is 3.54. The quantitative estimate of drug-likeness (QED) is 0.869. The number of nitrogens with two attached hydrogens (primary N) is 1. The van der Waals surface area contributed by atoms with Gasteiger partial charge in [0.25, 0.3) is 10.0 Å². The Morgan fingerprint density at radius 1 is 1.42 bits per heavy atom. The Hall–Kier alpha value is -1.93. The second-order valence-corrected chi connectivity index (χ2v) is 5.50. The predicted molar refractivity (Wildman–Crippen MR) is 68.3 cm³/mol. The predicted octanol–water partition coefficient (Wildman–Crippen LogP) is 0.819. The third-order valence-corrected chi connectivity index (χ3v) is 4.06. The number of benzene rings is 1.